The van der Waals surface area contributed by atoms with Gasteiger partial charge in [0.25, 0.3) is 0 Å². The number of hydrogen-bond donors (Lipinski definition) is 2. The van der Waals surface area contributed by atoms with Gasteiger partial charge < -0.3 is 9.72 Å². The first-order valence-electron chi connectivity index (χ1n) is 6.88. The molecule has 2 N–H and O–H groups in total. The second-order valence-electron chi connectivity index (χ2n) is 4.76. The highest BCUT2D eigenvalue weighted by Crippen LogP contribution is 2.25. The third-order valence-electron chi connectivity index (χ3n) is 3.21. The van der Waals surface area contributed by atoms with Crippen LogP contribution in [0.25, 0.3) is 0 Å². The van der Waals surface area contributed by atoms with Crippen molar-refractivity contribution in [2.45, 2.75) is 38.1 Å². The Bertz CT molecular complexity index is 679. The molecular formula is C14H18N4O3S. The van der Waals surface area contributed by atoms with Crippen LogP contribution in [0.15, 0.2) is 11.5 Å². The van der Waals surface area contributed by atoms with Crippen molar-refractivity contribution in [3.63, 3.8) is 0 Å². The van der Waals surface area contributed by atoms with Crippen molar-refractivity contribution >= 4 is 23.5 Å². The largest absolute Gasteiger partial charge is 0.462 e. The van der Waals surface area contributed by atoms with Crippen LogP contribution in [0.4, 0.5) is 0 Å². The maximum Gasteiger partial charge on any atom is 0.340 e. The fourth-order valence-electron chi connectivity index (χ4n) is 2.18. The molecule has 0 saturated carbocycles. The monoisotopic (exact) mass is 322 g/mol. The number of ketones is 1. The minimum atomic E-state index is -0.414. The lowest BCUT2D eigenvalue weighted by molar-refractivity contribution is 0.0525. The van der Waals surface area contributed by atoms with Crippen LogP contribution in [0.5, 0.6) is 0 Å². The lowest BCUT2D eigenvalue weighted by Crippen LogP contribution is -2.15. The average molecular weight is 322 g/mol. The number of thioether (sulfide) groups is 1. The first kappa shape index (κ1) is 16.3. The molecule has 0 unspecified atom stereocenters. The number of aryl methyl sites for hydroxylation is 1. The summed E-state index contributed by atoms with van der Waals surface area (Å²) in [5.41, 5.74) is 2.12. The van der Waals surface area contributed by atoms with E-state index in [1.165, 1.54) is 18.1 Å². The molecule has 2 rings (SSSR count). The van der Waals surface area contributed by atoms with Gasteiger partial charge in [-0.25, -0.2) is 9.78 Å². The second-order valence-corrected chi connectivity index (χ2v) is 6.09. The maximum absolute atomic E-state index is 12.6. The van der Waals surface area contributed by atoms with E-state index in [0.717, 1.165) is 0 Å². The van der Waals surface area contributed by atoms with Gasteiger partial charge in [-0.1, -0.05) is 11.8 Å². The van der Waals surface area contributed by atoms with Crippen LogP contribution in [-0.4, -0.2) is 43.8 Å². The smallest absolute Gasteiger partial charge is 0.340 e. The molecule has 0 bridgehead atoms. The summed E-state index contributed by atoms with van der Waals surface area (Å²) in [4.78, 5) is 31.5. The van der Waals surface area contributed by atoms with Crippen LogP contribution in [0.2, 0.25) is 0 Å². The van der Waals surface area contributed by atoms with E-state index >= 15 is 0 Å². The molecule has 2 aromatic heterocycles. The molecule has 22 heavy (non-hydrogen) atoms. The van der Waals surface area contributed by atoms with Crippen LogP contribution in [-0.2, 0) is 4.74 Å². The van der Waals surface area contributed by atoms with E-state index < -0.39 is 5.97 Å². The minimum Gasteiger partial charge on any atom is -0.462 e. The first-order valence-corrected chi connectivity index (χ1v) is 7.76. The molecule has 0 aliphatic carbocycles. The first-order chi connectivity index (χ1) is 10.5. The van der Waals surface area contributed by atoms with E-state index in [1.807, 2.05) is 0 Å². The summed E-state index contributed by atoms with van der Waals surface area (Å²) < 4.78 is 5.03. The number of nitrogens with one attached hydrogen (secondary N) is 2. The molecular weight excluding hydrogens is 304 g/mol. The Kier molecular flexibility index (Phi) is 5.02. The highest BCUT2D eigenvalue weighted by molar-refractivity contribution is 8.00. The number of rotatable bonds is 6. The third-order valence-corrected chi connectivity index (χ3v) is 4.20. The van der Waals surface area contributed by atoms with E-state index in [1.54, 1.807) is 27.7 Å². The Hall–Kier alpha value is -2.09. The summed E-state index contributed by atoms with van der Waals surface area (Å²) in [6.45, 7) is 7.33. The van der Waals surface area contributed by atoms with Crippen molar-refractivity contribution in [3.8, 4) is 0 Å². The maximum atomic E-state index is 12.6. The van der Waals surface area contributed by atoms with Gasteiger partial charge in [-0.3, -0.25) is 9.89 Å². The van der Waals surface area contributed by atoms with Crippen molar-refractivity contribution < 1.29 is 14.3 Å². The normalized spacial score (nSPS) is 12.2. The van der Waals surface area contributed by atoms with E-state index in [4.69, 9.17) is 4.74 Å². The molecule has 0 aliphatic heterocycles. The van der Waals surface area contributed by atoms with E-state index in [-0.39, 0.29) is 11.0 Å². The van der Waals surface area contributed by atoms with Gasteiger partial charge in [-0.15, -0.1) is 0 Å². The van der Waals surface area contributed by atoms with E-state index in [0.29, 0.717) is 34.3 Å². The number of carbonyl (C=O) groups is 2. The van der Waals surface area contributed by atoms with E-state index in [9.17, 15) is 9.59 Å². The van der Waals surface area contributed by atoms with Crippen LogP contribution in [0.3, 0.4) is 0 Å². The molecule has 0 fully saturated rings. The highest BCUT2D eigenvalue weighted by atomic mass is 32.2. The standard InChI is InChI=1S/C14H18N4O3S/c1-5-21-13(20)10-7(2)11(17-8(10)3)12(19)9(4)22-14-15-6-16-18-14/h6,9,17H,5H2,1-4H3,(H,15,16,18)/t9-/m1/s1. The Labute approximate surface area is 132 Å². The molecule has 2 heterocycles. The Morgan fingerprint density at radius 2 is 2.14 bits per heavy atom. The summed E-state index contributed by atoms with van der Waals surface area (Å²) in [7, 11) is 0. The van der Waals surface area contributed by atoms with Gasteiger partial charge in [0.05, 0.1) is 23.1 Å². The van der Waals surface area contributed by atoms with Crippen molar-refractivity contribution in [3.05, 3.63) is 28.8 Å². The zero-order chi connectivity index (χ0) is 16.3. The van der Waals surface area contributed by atoms with Crippen molar-refractivity contribution in [1.29, 1.82) is 0 Å². The number of nitrogens with zero attached hydrogens (tertiary/aromatic N) is 2. The van der Waals surface area contributed by atoms with Crippen molar-refractivity contribution in [2.75, 3.05) is 6.61 Å². The Morgan fingerprint density at radius 3 is 2.73 bits per heavy atom. The molecule has 0 aliphatic rings. The van der Waals surface area contributed by atoms with Crippen molar-refractivity contribution in [2.24, 2.45) is 0 Å². The summed E-state index contributed by atoms with van der Waals surface area (Å²) in [5, 5.41) is 6.67. The molecule has 0 saturated heterocycles. The SMILES string of the molecule is CCOC(=O)c1c(C)[nH]c(C(=O)[C@@H](C)Sc2ncn[nH]2)c1C. The average Bonchev–Trinajstić information content (AvgIpc) is 3.06. The number of aromatic nitrogens is 4. The summed E-state index contributed by atoms with van der Waals surface area (Å²) in [6.07, 6.45) is 1.39. The molecule has 118 valence electrons. The van der Waals surface area contributed by atoms with Crippen molar-refractivity contribution in [1.82, 2.24) is 20.2 Å². The van der Waals surface area contributed by atoms with Crippen LogP contribution < -0.4 is 0 Å². The van der Waals surface area contributed by atoms with Gasteiger partial charge in [0.1, 0.15) is 6.33 Å². The fourth-order valence-corrected chi connectivity index (χ4v) is 2.95. The Balaban J connectivity index is 2.23. The number of esters is 1. The third kappa shape index (κ3) is 3.22. The highest BCUT2D eigenvalue weighted by Gasteiger charge is 2.26. The Morgan fingerprint density at radius 1 is 1.41 bits per heavy atom. The summed E-state index contributed by atoms with van der Waals surface area (Å²) >= 11 is 1.28. The molecule has 0 amide bonds. The van der Waals surface area contributed by atoms with Gasteiger partial charge in [-0.05, 0) is 33.3 Å². The van der Waals surface area contributed by atoms with Gasteiger partial charge in [0, 0.05) is 5.69 Å². The molecule has 7 nitrogen and oxygen atoms in total. The molecule has 1 atom stereocenters. The van der Waals surface area contributed by atoms with Gasteiger partial charge in [-0.2, -0.15) is 5.10 Å². The van der Waals surface area contributed by atoms with Gasteiger partial charge >= 0.3 is 5.97 Å². The predicted molar refractivity (Wildman–Crippen MR) is 82.3 cm³/mol. The predicted octanol–water partition coefficient (Wildman–Crippen LogP) is 2.29. The van der Waals surface area contributed by atoms with Gasteiger partial charge in [0.15, 0.2) is 10.9 Å². The number of ether oxygens (including phenoxy) is 1. The van der Waals surface area contributed by atoms with Crippen LogP contribution in [0.1, 0.15) is 46.0 Å². The number of Topliss-reactive ketones (excluding diaryl/α,β-unsaturated/α-hetero) is 1. The topological polar surface area (TPSA) is 101 Å². The number of H-pyrrole nitrogens is 2. The van der Waals surface area contributed by atoms with Crippen LogP contribution in [0, 0.1) is 13.8 Å². The van der Waals surface area contributed by atoms with E-state index in [2.05, 4.69) is 20.2 Å². The summed E-state index contributed by atoms with van der Waals surface area (Å²) in [6, 6.07) is 0. The number of hydrogen-bond acceptors (Lipinski definition) is 6. The molecule has 0 spiro atoms. The second kappa shape index (κ2) is 6.78. The number of aromatic amines is 2. The zero-order valence-electron chi connectivity index (χ0n) is 12.9. The molecule has 2 aromatic rings. The molecule has 0 radical (unpaired) electrons. The lowest BCUT2D eigenvalue weighted by Gasteiger charge is -2.08. The quantitative estimate of drug-likeness (QED) is 0.481. The molecule has 8 heteroatoms. The van der Waals surface area contributed by atoms with Crippen LogP contribution >= 0.6 is 11.8 Å². The summed E-state index contributed by atoms with van der Waals surface area (Å²) in [5.74, 6) is -0.513. The zero-order valence-corrected chi connectivity index (χ0v) is 13.7. The van der Waals surface area contributed by atoms with Gasteiger partial charge in [0.2, 0.25) is 0 Å². The number of carbonyl (C=O) groups excluding carboxylic acids is 2. The fraction of sp³-hybridized carbons (Fsp3) is 0.429. The molecule has 0 aromatic carbocycles. The minimum absolute atomic E-state index is 0.0995. The lowest BCUT2D eigenvalue weighted by atomic mass is 10.1.